The molecule has 0 bridgehead atoms. The first-order valence-corrected chi connectivity index (χ1v) is 9.11. The number of carbonyl (C=O) groups is 2. The van der Waals surface area contributed by atoms with Gasteiger partial charge in [0.15, 0.2) is 5.17 Å². The Kier molecular flexibility index (Phi) is 5.61. The van der Waals surface area contributed by atoms with Crippen molar-refractivity contribution < 1.29 is 19.4 Å². The van der Waals surface area contributed by atoms with Crippen molar-refractivity contribution in [2.75, 3.05) is 13.7 Å². The standard InChI is InChI=1S/C20H18N2O4S/c1-3-22-18(23)17(12-13-7-4-5-10-16(13)26-2)27-20(22)21-15-9-6-8-14(11-15)19(24)25/h4-12H,3H2,1-2H3,(H,24,25)/b17-12+,21-20?. The second kappa shape index (κ2) is 8.09. The van der Waals surface area contributed by atoms with Crippen molar-refractivity contribution in [2.45, 2.75) is 6.92 Å². The molecule has 1 aliphatic rings. The lowest BCUT2D eigenvalue weighted by Gasteiger charge is -2.12. The van der Waals surface area contributed by atoms with Gasteiger partial charge in [0.1, 0.15) is 5.75 Å². The minimum absolute atomic E-state index is 0.137. The Morgan fingerprint density at radius 2 is 2.04 bits per heavy atom. The molecule has 2 aromatic carbocycles. The highest BCUT2D eigenvalue weighted by atomic mass is 32.2. The number of carboxylic acids is 1. The van der Waals surface area contributed by atoms with E-state index in [-0.39, 0.29) is 11.5 Å². The average Bonchev–Trinajstić information content (AvgIpc) is 2.96. The first-order chi connectivity index (χ1) is 13.0. The van der Waals surface area contributed by atoms with E-state index in [2.05, 4.69) is 4.99 Å². The van der Waals surface area contributed by atoms with E-state index in [1.807, 2.05) is 31.2 Å². The zero-order valence-corrected chi connectivity index (χ0v) is 15.7. The summed E-state index contributed by atoms with van der Waals surface area (Å²) in [5, 5.41) is 9.65. The molecule has 0 radical (unpaired) electrons. The fourth-order valence-corrected chi connectivity index (χ4v) is 3.67. The van der Waals surface area contributed by atoms with Crippen molar-refractivity contribution in [1.82, 2.24) is 4.90 Å². The minimum atomic E-state index is -1.02. The molecule has 0 aliphatic carbocycles. The predicted molar refractivity (Wildman–Crippen MR) is 106 cm³/mol. The molecule has 7 heteroatoms. The number of ether oxygens (including phenoxy) is 1. The Labute approximate surface area is 161 Å². The highest BCUT2D eigenvalue weighted by Gasteiger charge is 2.32. The van der Waals surface area contributed by atoms with E-state index in [1.54, 1.807) is 30.2 Å². The lowest BCUT2D eigenvalue weighted by atomic mass is 10.2. The lowest BCUT2D eigenvalue weighted by molar-refractivity contribution is -0.122. The summed E-state index contributed by atoms with van der Waals surface area (Å²) in [6, 6.07) is 13.8. The quantitative estimate of drug-likeness (QED) is 0.790. The Morgan fingerprint density at radius 3 is 2.74 bits per heavy atom. The number of aromatic carboxylic acids is 1. The van der Waals surface area contributed by atoms with E-state index in [0.717, 1.165) is 5.56 Å². The Bertz CT molecular complexity index is 953. The number of amides is 1. The van der Waals surface area contributed by atoms with Crippen LogP contribution in [0.2, 0.25) is 0 Å². The van der Waals surface area contributed by atoms with Crippen LogP contribution >= 0.6 is 11.8 Å². The highest BCUT2D eigenvalue weighted by Crippen LogP contribution is 2.35. The minimum Gasteiger partial charge on any atom is -0.496 e. The smallest absolute Gasteiger partial charge is 0.335 e. The molecule has 1 N–H and O–H groups in total. The number of nitrogens with zero attached hydrogens (tertiary/aromatic N) is 2. The zero-order chi connectivity index (χ0) is 19.4. The van der Waals surface area contributed by atoms with Crippen LogP contribution in [0.1, 0.15) is 22.8 Å². The molecule has 1 amide bonds. The van der Waals surface area contributed by atoms with Crippen molar-refractivity contribution in [2.24, 2.45) is 4.99 Å². The van der Waals surface area contributed by atoms with Crippen LogP contribution < -0.4 is 4.74 Å². The number of para-hydroxylation sites is 1. The summed E-state index contributed by atoms with van der Waals surface area (Å²) in [5.74, 6) is -0.473. The zero-order valence-electron chi connectivity index (χ0n) is 14.9. The molecule has 27 heavy (non-hydrogen) atoms. The van der Waals surface area contributed by atoms with Gasteiger partial charge < -0.3 is 9.84 Å². The first-order valence-electron chi connectivity index (χ1n) is 8.30. The molecule has 3 rings (SSSR count). The number of aliphatic imine (C=N–C) groups is 1. The maximum atomic E-state index is 12.7. The maximum Gasteiger partial charge on any atom is 0.335 e. The molecule has 2 aromatic rings. The van der Waals surface area contributed by atoms with Gasteiger partial charge in [0.05, 0.1) is 23.3 Å². The molecule has 1 fully saturated rings. The summed E-state index contributed by atoms with van der Waals surface area (Å²) in [6.07, 6.45) is 1.78. The fourth-order valence-electron chi connectivity index (χ4n) is 2.62. The van der Waals surface area contributed by atoms with Gasteiger partial charge in [0, 0.05) is 12.1 Å². The van der Waals surface area contributed by atoms with Crippen molar-refractivity contribution in [3.63, 3.8) is 0 Å². The topological polar surface area (TPSA) is 79.2 Å². The molecule has 0 atom stereocenters. The Balaban J connectivity index is 1.96. The van der Waals surface area contributed by atoms with Gasteiger partial charge in [-0.05, 0) is 49.0 Å². The number of hydrogen-bond acceptors (Lipinski definition) is 5. The molecule has 138 valence electrons. The molecule has 0 spiro atoms. The first kappa shape index (κ1) is 18.7. The summed E-state index contributed by atoms with van der Waals surface area (Å²) in [6.45, 7) is 2.33. The van der Waals surface area contributed by atoms with Crippen LogP contribution in [0.5, 0.6) is 5.75 Å². The third kappa shape index (κ3) is 4.03. The number of carboxylic acid groups (broad SMARTS) is 1. The number of methoxy groups -OCH3 is 1. The number of amidine groups is 1. The SMILES string of the molecule is CCN1C(=O)/C(=C\c2ccccc2OC)SC1=Nc1cccc(C(=O)O)c1. The van der Waals surface area contributed by atoms with Gasteiger partial charge >= 0.3 is 5.97 Å². The van der Waals surface area contributed by atoms with E-state index in [4.69, 9.17) is 9.84 Å². The second-order valence-corrected chi connectivity index (χ2v) is 6.66. The van der Waals surface area contributed by atoms with Crippen LogP contribution in [-0.2, 0) is 4.79 Å². The van der Waals surface area contributed by atoms with E-state index >= 15 is 0 Å². The van der Waals surface area contributed by atoms with E-state index in [9.17, 15) is 9.59 Å². The van der Waals surface area contributed by atoms with Gasteiger partial charge in [0.25, 0.3) is 5.91 Å². The molecular weight excluding hydrogens is 364 g/mol. The van der Waals surface area contributed by atoms with Crippen LogP contribution in [0.15, 0.2) is 58.4 Å². The lowest BCUT2D eigenvalue weighted by Crippen LogP contribution is -2.28. The van der Waals surface area contributed by atoms with Gasteiger partial charge in [0.2, 0.25) is 0 Å². The molecule has 1 heterocycles. The summed E-state index contributed by atoms with van der Waals surface area (Å²) in [4.78, 5) is 30.5. The summed E-state index contributed by atoms with van der Waals surface area (Å²) in [7, 11) is 1.58. The van der Waals surface area contributed by atoms with Gasteiger partial charge in [-0.15, -0.1) is 0 Å². The molecule has 1 saturated heterocycles. The third-order valence-corrected chi connectivity index (χ3v) is 4.95. The molecule has 0 aromatic heterocycles. The number of rotatable bonds is 5. The van der Waals surface area contributed by atoms with Gasteiger partial charge in [-0.2, -0.15) is 0 Å². The van der Waals surface area contributed by atoms with E-state index in [0.29, 0.717) is 28.1 Å². The second-order valence-electron chi connectivity index (χ2n) is 5.65. The molecule has 0 unspecified atom stereocenters. The van der Waals surface area contributed by atoms with Gasteiger partial charge in [-0.1, -0.05) is 24.3 Å². The number of carbonyl (C=O) groups excluding carboxylic acids is 1. The van der Waals surface area contributed by atoms with Gasteiger partial charge in [-0.3, -0.25) is 9.69 Å². The van der Waals surface area contributed by atoms with Crippen LogP contribution in [-0.4, -0.2) is 40.7 Å². The van der Waals surface area contributed by atoms with Crippen molar-refractivity contribution in [1.29, 1.82) is 0 Å². The molecule has 6 nitrogen and oxygen atoms in total. The number of benzene rings is 2. The molecular formula is C20H18N2O4S. The van der Waals surface area contributed by atoms with Crippen molar-refractivity contribution in [3.05, 3.63) is 64.6 Å². The van der Waals surface area contributed by atoms with E-state index in [1.165, 1.54) is 23.9 Å². The normalized spacial score (nSPS) is 17.0. The van der Waals surface area contributed by atoms with Crippen LogP contribution in [0.4, 0.5) is 5.69 Å². The Morgan fingerprint density at radius 1 is 1.26 bits per heavy atom. The number of likely N-dealkylation sites (N-methyl/N-ethyl adjacent to an activating group) is 1. The fraction of sp³-hybridized carbons (Fsp3) is 0.150. The maximum absolute atomic E-state index is 12.7. The average molecular weight is 382 g/mol. The third-order valence-electron chi connectivity index (χ3n) is 3.95. The van der Waals surface area contributed by atoms with Crippen LogP contribution in [0, 0.1) is 0 Å². The van der Waals surface area contributed by atoms with E-state index < -0.39 is 5.97 Å². The highest BCUT2D eigenvalue weighted by molar-refractivity contribution is 8.18. The summed E-state index contributed by atoms with van der Waals surface area (Å²) >= 11 is 1.26. The monoisotopic (exact) mass is 382 g/mol. The van der Waals surface area contributed by atoms with Crippen LogP contribution in [0.3, 0.4) is 0 Å². The molecule has 1 aliphatic heterocycles. The predicted octanol–water partition coefficient (Wildman–Crippen LogP) is 4.02. The van der Waals surface area contributed by atoms with Crippen molar-refractivity contribution >= 4 is 40.6 Å². The largest absolute Gasteiger partial charge is 0.496 e. The molecule has 0 saturated carbocycles. The van der Waals surface area contributed by atoms with Gasteiger partial charge in [-0.25, -0.2) is 9.79 Å². The van der Waals surface area contributed by atoms with Crippen LogP contribution in [0.25, 0.3) is 6.08 Å². The number of hydrogen-bond donors (Lipinski definition) is 1. The summed E-state index contributed by atoms with van der Waals surface area (Å²) < 4.78 is 5.34. The number of thioether (sulfide) groups is 1. The Hall–Kier alpha value is -3.06. The summed E-state index contributed by atoms with van der Waals surface area (Å²) in [5.41, 5.74) is 1.45. The van der Waals surface area contributed by atoms with Crippen molar-refractivity contribution in [3.8, 4) is 5.75 Å².